The van der Waals surface area contributed by atoms with E-state index in [4.69, 9.17) is 23.0 Å². The lowest BCUT2D eigenvalue weighted by atomic mass is 10.2. The molecule has 0 aliphatic carbocycles. The van der Waals surface area contributed by atoms with Crippen molar-refractivity contribution in [1.82, 2.24) is 25.2 Å². The highest BCUT2D eigenvalue weighted by Crippen LogP contribution is 2.28. The van der Waals surface area contributed by atoms with Gasteiger partial charge in [-0.2, -0.15) is 5.53 Å². The highest BCUT2D eigenvalue weighted by Gasteiger charge is 2.43. The van der Waals surface area contributed by atoms with E-state index in [-0.39, 0.29) is 19.5 Å². The van der Waals surface area contributed by atoms with Gasteiger partial charge in [0.05, 0.1) is 21.8 Å². The first-order valence-corrected chi connectivity index (χ1v) is 12.2. The molecule has 4 rings (SSSR count). The first-order chi connectivity index (χ1) is 17.3. The van der Waals surface area contributed by atoms with Gasteiger partial charge in [0.1, 0.15) is 0 Å². The van der Waals surface area contributed by atoms with Crippen molar-refractivity contribution in [2.45, 2.75) is 32.6 Å². The van der Waals surface area contributed by atoms with E-state index in [1.165, 1.54) is 4.90 Å². The van der Waals surface area contributed by atoms with Crippen molar-refractivity contribution in [3.63, 3.8) is 0 Å². The second kappa shape index (κ2) is 10.8. The summed E-state index contributed by atoms with van der Waals surface area (Å²) < 4.78 is 0.964. The lowest BCUT2D eigenvalue weighted by Crippen LogP contribution is -2.70. The Morgan fingerprint density at radius 1 is 1.22 bits per heavy atom. The number of urea groups is 2. The molecule has 0 spiro atoms. The third-order valence-corrected chi connectivity index (χ3v) is 6.94. The van der Waals surface area contributed by atoms with Gasteiger partial charge in [0, 0.05) is 23.7 Å². The fraction of sp³-hybridized carbons (Fsp3) is 0.273. The average molecular weight is 530 g/mol. The number of anilines is 1. The first-order valence-electron chi connectivity index (χ1n) is 11.0. The van der Waals surface area contributed by atoms with Crippen LogP contribution in [-0.4, -0.2) is 50.6 Å². The largest absolute Gasteiger partial charge is 0.347 e. The van der Waals surface area contributed by atoms with Crippen LogP contribution < -0.4 is 16.6 Å². The zero-order valence-corrected chi connectivity index (χ0v) is 20.8. The third-order valence-electron chi connectivity index (χ3n) is 5.53. The zero-order chi connectivity index (χ0) is 25.8. The number of nitrogens with one attached hydrogen (secondary N) is 3. The second-order valence-corrected chi connectivity index (χ2v) is 9.49. The molecule has 1 aliphatic heterocycles. The number of aryl methyl sites for hydroxylation is 1. The van der Waals surface area contributed by atoms with E-state index in [1.54, 1.807) is 35.6 Å². The van der Waals surface area contributed by atoms with Crippen LogP contribution in [0.1, 0.15) is 23.9 Å². The van der Waals surface area contributed by atoms with Crippen LogP contribution >= 0.6 is 22.9 Å². The molecule has 3 aromatic rings. The summed E-state index contributed by atoms with van der Waals surface area (Å²) in [5, 5.41) is 8.47. The number of thiazole rings is 1. The van der Waals surface area contributed by atoms with E-state index in [0.717, 1.165) is 37.1 Å². The Hall–Kier alpha value is -3.81. The number of imide groups is 1. The molecule has 2 heterocycles. The molecule has 5 N–H and O–H groups in total. The maximum absolute atomic E-state index is 13.5. The maximum atomic E-state index is 13.5. The Morgan fingerprint density at radius 3 is 2.67 bits per heavy atom. The van der Waals surface area contributed by atoms with Crippen molar-refractivity contribution < 1.29 is 14.4 Å². The molecule has 1 atom stereocenters. The van der Waals surface area contributed by atoms with Crippen LogP contribution in [0.4, 0.5) is 15.3 Å². The zero-order valence-electron chi connectivity index (χ0n) is 19.3. The first kappa shape index (κ1) is 25.3. The fourth-order valence-corrected chi connectivity index (χ4v) is 4.78. The molecule has 188 valence electrons. The molecule has 14 heteroatoms. The van der Waals surface area contributed by atoms with Gasteiger partial charge < -0.3 is 5.32 Å². The minimum atomic E-state index is -1.01. The van der Waals surface area contributed by atoms with E-state index in [2.05, 4.69) is 15.5 Å². The molecular weight excluding hydrogens is 506 g/mol. The lowest BCUT2D eigenvalue weighted by Gasteiger charge is -2.45. The Kier molecular flexibility index (Phi) is 7.62. The van der Waals surface area contributed by atoms with Gasteiger partial charge in [0.15, 0.2) is 0 Å². The summed E-state index contributed by atoms with van der Waals surface area (Å²) in [4.78, 5) is 45.1. The van der Waals surface area contributed by atoms with Crippen LogP contribution in [0, 0.1) is 5.53 Å². The summed E-state index contributed by atoms with van der Waals surface area (Å²) in [6.45, 7) is 1.92. The number of carbonyl (C=O) groups is 3. The number of hydrogen-bond donors (Lipinski definition) is 4. The van der Waals surface area contributed by atoms with Gasteiger partial charge in [0.25, 0.3) is 0 Å². The summed E-state index contributed by atoms with van der Waals surface area (Å²) in [7, 11) is 0. The molecule has 0 saturated carbocycles. The van der Waals surface area contributed by atoms with Crippen molar-refractivity contribution in [2.24, 2.45) is 11.1 Å². The lowest BCUT2D eigenvalue weighted by molar-refractivity contribution is -0.121. The van der Waals surface area contributed by atoms with Gasteiger partial charge in [-0.3, -0.25) is 9.69 Å². The number of hydrogen-bond acceptors (Lipinski definition) is 9. The van der Waals surface area contributed by atoms with Crippen molar-refractivity contribution in [2.75, 3.05) is 11.9 Å². The van der Waals surface area contributed by atoms with E-state index in [0.29, 0.717) is 10.7 Å². The Labute approximate surface area is 215 Å². The second-order valence-electron chi connectivity index (χ2n) is 7.94. The monoisotopic (exact) mass is 529 g/mol. The van der Waals surface area contributed by atoms with E-state index >= 15 is 0 Å². The van der Waals surface area contributed by atoms with Gasteiger partial charge >= 0.3 is 12.1 Å². The molecular formula is C22H24ClN9O3S. The Morgan fingerprint density at radius 2 is 1.97 bits per heavy atom. The number of nitrogens with two attached hydrogens (primary N) is 1. The number of halogens is 1. The van der Waals surface area contributed by atoms with Crippen molar-refractivity contribution in [3.05, 3.63) is 58.1 Å². The maximum Gasteiger partial charge on any atom is 0.345 e. The number of aromatic nitrogens is 1. The minimum absolute atomic E-state index is 0.113. The highest BCUT2D eigenvalue weighted by molar-refractivity contribution is 7.18. The summed E-state index contributed by atoms with van der Waals surface area (Å²) in [6, 6.07) is 11.1. The molecule has 1 aliphatic rings. The van der Waals surface area contributed by atoms with Crippen molar-refractivity contribution in [3.8, 4) is 0 Å². The summed E-state index contributed by atoms with van der Waals surface area (Å²) in [6.07, 6.45) is -0.421. The van der Waals surface area contributed by atoms with Crippen LogP contribution in [0.25, 0.3) is 10.2 Å². The fourth-order valence-electron chi connectivity index (χ4n) is 3.71. The molecule has 1 aromatic heterocycles. The quantitative estimate of drug-likeness (QED) is 0.142. The van der Waals surface area contributed by atoms with Crippen LogP contribution in [-0.2, 0) is 17.8 Å². The summed E-state index contributed by atoms with van der Waals surface area (Å²) in [5.41, 5.74) is 11.0. The number of rotatable bonds is 9. The standard InChI is InChI=1S/C22H24ClN9O3S/c1-2-19-27-16-8-7-15(11-17(16)36-19)26-20-31(12-13-3-5-14(23)6-4-13)21(34)30(22(35)32(20)25)10-9-18(33)28-29-24/h3-8,11,20,26H,2,9-10,12,25H2,1H3,(H2,24,28,33). The SMILES string of the molecule is CCc1nc2ccc(NC3N(N)C(=O)N(CCC(=O)NN=N)C(=O)N3Cc3ccc(Cl)cc3)cc2s1. The summed E-state index contributed by atoms with van der Waals surface area (Å²) >= 11 is 7.57. The molecule has 36 heavy (non-hydrogen) atoms. The minimum Gasteiger partial charge on any atom is -0.347 e. The van der Waals surface area contributed by atoms with E-state index in [1.807, 2.05) is 30.5 Å². The molecule has 5 amide bonds. The summed E-state index contributed by atoms with van der Waals surface area (Å²) in [5.74, 6) is 5.59. The van der Waals surface area contributed by atoms with Crippen LogP contribution in [0.15, 0.2) is 47.7 Å². The number of carbonyl (C=O) groups excluding carboxylic acids is 3. The molecule has 0 bridgehead atoms. The molecule has 12 nitrogen and oxygen atoms in total. The Balaban J connectivity index is 1.62. The number of amides is 5. The molecule has 1 unspecified atom stereocenters. The van der Waals surface area contributed by atoms with Crippen molar-refractivity contribution >= 4 is 56.8 Å². The van der Waals surface area contributed by atoms with Gasteiger partial charge in [-0.1, -0.05) is 35.9 Å². The third kappa shape index (κ3) is 5.37. The highest BCUT2D eigenvalue weighted by atomic mass is 35.5. The van der Waals surface area contributed by atoms with Crippen LogP contribution in [0.3, 0.4) is 0 Å². The smallest absolute Gasteiger partial charge is 0.345 e. The van der Waals surface area contributed by atoms with Crippen molar-refractivity contribution in [1.29, 1.82) is 5.53 Å². The van der Waals surface area contributed by atoms with Gasteiger partial charge in [-0.05, 0) is 42.3 Å². The predicted octanol–water partition coefficient (Wildman–Crippen LogP) is 3.89. The number of fused-ring (bicyclic) bond motifs is 1. The Bertz CT molecular complexity index is 1300. The number of benzene rings is 2. The van der Waals surface area contributed by atoms with Gasteiger partial charge in [-0.15, -0.1) is 11.3 Å². The van der Waals surface area contributed by atoms with Gasteiger partial charge in [0.2, 0.25) is 12.2 Å². The van der Waals surface area contributed by atoms with E-state index in [9.17, 15) is 14.4 Å². The molecule has 0 radical (unpaired) electrons. The molecule has 1 saturated heterocycles. The van der Waals surface area contributed by atoms with Gasteiger partial charge in [-0.25, -0.2) is 35.8 Å². The van der Waals surface area contributed by atoms with Crippen LogP contribution in [0.2, 0.25) is 5.02 Å². The molecule has 2 aromatic carbocycles. The topological polar surface area (TPSA) is 160 Å². The normalized spacial score (nSPS) is 16.0. The van der Waals surface area contributed by atoms with E-state index < -0.39 is 24.3 Å². The average Bonchev–Trinajstić information content (AvgIpc) is 3.28. The number of hydrazine groups is 1. The predicted molar refractivity (Wildman–Crippen MR) is 135 cm³/mol. The number of nitrogens with zero attached hydrogens (tertiary/aromatic N) is 5. The van der Waals surface area contributed by atoms with Crippen LogP contribution in [0.5, 0.6) is 0 Å². The molecule has 1 fully saturated rings.